The summed E-state index contributed by atoms with van der Waals surface area (Å²) in [5.41, 5.74) is 0.980. The van der Waals surface area contributed by atoms with Gasteiger partial charge in [-0.2, -0.15) is 0 Å². The zero-order chi connectivity index (χ0) is 12.9. The van der Waals surface area contributed by atoms with Gasteiger partial charge in [-0.25, -0.2) is 0 Å². The molecule has 1 fully saturated rings. The maximum atomic E-state index is 11.4. The average Bonchev–Trinajstić information content (AvgIpc) is 2.92. The van der Waals surface area contributed by atoms with Gasteiger partial charge in [-0.05, 0) is 36.0 Å². The standard InChI is InChI=1S/C14H12Cl2O2/c15-10-4-3-9(6-11(10)16)12-7-1-2-8(5-7)13(12)14(17)18/h1-4,6-8,12-13H,5H2,(H,17,18)/t7-,8+,12+,13-/m0/s1. The molecule has 1 aromatic rings. The van der Waals surface area contributed by atoms with E-state index in [9.17, 15) is 9.90 Å². The van der Waals surface area contributed by atoms with Crippen LogP contribution >= 0.6 is 23.2 Å². The fourth-order valence-corrected chi connectivity index (χ4v) is 3.64. The maximum Gasteiger partial charge on any atom is 0.307 e. The summed E-state index contributed by atoms with van der Waals surface area (Å²) in [6, 6.07) is 5.44. The highest BCUT2D eigenvalue weighted by molar-refractivity contribution is 6.42. The number of carboxylic acids is 1. The van der Waals surface area contributed by atoms with E-state index < -0.39 is 5.97 Å². The van der Waals surface area contributed by atoms with Crippen molar-refractivity contribution in [3.63, 3.8) is 0 Å². The molecule has 0 heterocycles. The first-order valence-electron chi connectivity index (χ1n) is 5.94. The fourth-order valence-electron chi connectivity index (χ4n) is 3.33. The number of hydrogen-bond donors (Lipinski definition) is 1. The van der Waals surface area contributed by atoms with Crippen LogP contribution in [0.5, 0.6) is 0 Å². The van der Waals surface area contributed by atoms with Gasteiger partial charge in [0.05, 0.1) is 16.0 Å². The van der Waals surface area contributed by atoms with E-state index in [1.54, 1.807) is 12.1 Å². The van der Waals surface area contributed by atoms with E-state index in [4.69, 9.17) is 23.2 Å². The summed E-state index contributed by atoms with van der Waals surface area (Å²) < 4.78 is 0. The van der Waals surface area contributed by atoms with Crippen LogP contribution < -0.4 is 0 Å². The molecule has 2 aliphatic rings. The van der Waals surface area contributed by atoms with Crippen LogP contribution in [0, 0.1) is 17.8 Å². The zero-order valence-electron chi connectivity index (χ0n) is 9.51. The van der Waals surface area contributed by atoms with Gasteiger partial charge in [-0.15, -0.1) is 0 Å². The first-order valence-corrected chi connectivity index (χ1v) is 6.69. The van der Waals surface area contributed by atoms with E-state index in [-0.39, 0.29) is 17.8 Å². The van der Waals surface area contributed by atoms with Crippen LogP contribution in [0.4, 0.5) is 0 Å². The van der Waals surface area contributed by atoms with Gasteiger partial charge in [0.2, 0.25) is 0 Å². The van der Waals surface area contributed by atoms with Gasteiger partial charge in [0.25, 0.3) is 0 Å². The SMILES string of the molecule is O=C(O)[C@@H]1[C@@H](c2ccc(Cl)c(Cl)c2)[C@H]2C=C[C@@H]1C2. The monoisotopic (exact) mass is 282 g/mol. The molecule has 2 nitrogen and oxygen atoms in total. The van der Waals surface area contributed by atoms with Crippen LogP contribution in [-0.4, -0.2) is 11.1 Å². The maximum absolute atomic E-state index is 11.4. The Balaban J connectivity index is 2.02. The molecule has 1 N–H and O–H groups in total. The highest BCUT2D eigenvalue weighted by Crippen LogP contribution is 2.53. The number of carboxylic acid groups (broad SMARTS) is 1. The number of fused-ring (bicyclic) bond motifs is 2. The smallest absolute Gasteiger partial charge is 0.307 e. The highest BCUT2D eigenvalue weighted by atomic mass is 35.5. The minimum Gasteiger partial charge on any atom is -0.481 e. The van der Waals surface area contributed by atoms with Gasteiger partial charge in [0, 0.05) is 5.92 Å². The van der Waals surface area contributed by atoms with Gasteiger partial charge < -0.3 is 5.11 Å². The third kappa shape index (κ3) is 1.75. The molecule has 2 aliphatic carbocycles. The first-order chi connectivity index (χ1) is 8.58. The predicted octanol–water partition coefficient (Wildman–Crippen LogP) is 3.98. The van der Waals surface area contributed by atoms with Gasteiger partial charge in [-0.1, -0.05) is 41.4 Å². The summed E-state index contributed by atoms with van der Waals surface area (Å²) in [5.74, 6) is -0.562. The normalized spacial score (nSPS) is 33.0. The lowest BCUT2D eigenvalue weighted by Crippen LogP contribution is -2.25. The van der Waals surface area contributed by atoms with Crippen molar-refractivity contribution in [1.29, 1.82) is 0 Å². The highest BCUT2D eigenvalue weighted by Gasteiger charge is 2.48. The lowest BCUT2D eigenvalue weighted by molar-refractivity contribution is -0.143. The first kappa shape index (κ1) is 12.1. The number of hydrogen-bond acceptors (Lipinski definition) is 1. The summed E-state index contributed by atoms with van der Waals surface area (Å²) in [4.78, 5) is 11.4. The fraction of sp³-hybridized carbons (Fsp3) is 0.357. The summed E-state index contributed by atoms with van der Waals surface area (Å²) in [5, 5.41) is 10.4. The van der Waals surface area contributed by atoms with E-state index in [1.165, 1.54) is 0 Å². The third-order valence-corrected chi connectivity index (χ3v) is 4.81. The molecule has 0 radical (unpaired) electrons. The molecule has 1 saturated carbocycles. The summed E-state index contributed by atoms with van der Waals surface area (Å²) >= 11 is 11.9. The minimum atomic E-state index is -0.720. The second-order valence-electron chi connectivity index (χ2n) is 5.01. The number of aliphatic carboxylic acids is 1. The van der Waals surface area contributed by atoms with Crippen molar-refractivity contribution in [2.45, 2.75) is 12.3 Å². The van der Waals surface area contributed by atoms with E-state index in [1.807, 2.05) is 12.1 Å². The molecule has 4 heteroatoms. The van der Waals surface area contributed by atoms with Crippen molar-refractivity contribution >= 4 is 29.2 Å². The topological polar surface area (TPSA) is 37.3 Å². The van der Waals surface area contributed by atoms with Crippen molar-refractivity contribution < 1.29 is 9.90 Å². The van der Waals surface area contributed by atoms with Crippen molar-refractivity contribution in [2.75, 3.05) is 0 Å². The Kier molecular flexibility index (Phi) is 2.87. The van der Waals surface area contributed by atoms with Crippen molar-refractivity contribution in [3.8, 4) is 0 Å². The Morgan fingerprint density at radius 3 is 2.56 bits per heavy atom. The number of rotatable bonds is 2. The Labute approximate surface area is 115 Å². The van der Waals surface area contributed by atoms with Gasteiger partial charge >= 0.3 is 5.97 Å². The van der Waals surface area contributed by atoms with E-state index >= 15 is 0 Å². The number of allylic oxidation sites excluding steroid dienone is 2. The van der Waals surface area contributed by atoms with Gasteiger partial charge in [0.1, 0.15) is 0 Å². The Bertz CT molecular complexity index is 539. The third-order valence-electron chi connectivity index (χ3n) is 4.07. The number of halogens is 2. The van der Waals surface area contributed by atoms with Crippen molar-refractivity contribution in [1.82, 2.24) is 0 Å². The zero-order valence-corrected chi connectivity index (χ0v) is 11.0. The molecule has 0 aromatic heterocycles. The van der Waals surface area contributed by atoms with Crippen LogP contribution in [0.25, 0.3) is 0 Å². The molecule has 0 spiro atoms. The van der Waals surface area contributed by atoms with Crippen LogP contribution in [0.2, 0.25) is 10.0 Å². The lowest BCUT2D eigenvalue weighted by Gasteiger charge is -2.25. The summed E-state index contributed by atoms with van der Waals surface area (Å²) in [6.07, 6.45) is 5.11. The van der Waals surface area contributed by atoms with Crippen LogP contribution in [0.1, 0.15) is 17.9 Å². The summed E-state index contributed by atoms with van der Waals surface area (Å²) in [6.45, 7) is 0. The van der Waals surface area contributed by atoms with Crippen LogP contribution in [0.15, 0.2) is 30.4 Å². The Morgan fingerprint density at radius 2 is 1.89 bits per heavy atom. The largest absolute Gasteiger partial charge is 0.481 e. The second kappa shape index (κ2) is 4.29. The van der Waals surface area contributed by atoms with Crippen LogP contribution in [0.3, 0.4) is 0 Å². The molecule has 18 heavy (non-hydrogen) atoms. The number of benzene rings is 1. The van der Waals surface area contributed by atoms with Gasteiger partial charge in [0.15, 0.2) is 0 Å². The molecular weight excluding hydrogens is 271 g/mol. The molecular formula is C14H12Cl2O2. The molecule has 2 bridgehead atoms. The minimum absolute atomic E-state index is 0.0206. The van der Waals surface area contributed by atoms with Crippen LogP contribution in [-0.2, 0) is 4.79 Å². The quantitative estimate of drug-likeness (QED) is 0.833. The number of carbonyl (C=O) groups is 1. The molecule has 1 aromatic carbocycles. The molecule has 3 rings (SSSR count). The second-order valence-corrected chi connectivity index (χ2v) is 5.83. The summed E-state index contributed by atoms with van der Waals surface area (Å²) in [7, 11) is 0. The van der Waals surface area contributed by atoms with E-state index in [2.05, 4.69) is 6.08 Å². The molecule has 4 atom stereocenters. The Hall–Kier alpha value is -0.990. The molecule has 94 valence electrons. The van der Waals surface area contributed by atoms with Crippen molar-refractivity contribution in [2.24, 2.45) is 17.8 Å². The van der Waals surface area contributed by atoms with E-state index in [0.29, 0.717) is 16.0 Å². The lowest BCUT2D eigenvalue weighted by atomic mass is 9.78. The molecule has 0 aliphatic heterocycles. The predicted molar refractivity (Wildman–Crippen MR) is 71.1 cm³/mol. The van der Waals surface area contributed by atoms with Crippen molar-refractivity contribution in [3.05, 3.63) is 46.0 Å². The van der Waals surface area contributed by atoms with Gasteiger partial charge in [-0.3, -0.25) is 4.79 Å². The molecule has 0 amide bonds. The molecule has 0 unspecified atom stereocenters. The van der Waals surface area contributed by atoms with E-state index in [0.717, 1.165) is 12.0 Å². The average molecular weight is 283 g/mol. The molecule has 0 saturated heterocycles. The Morgan fingerprint density at radius 1 is 1.17 bits per heavy atom.